The van der Waals surface area contributed by atoms with E-state index in [0.717, 1.165) is 25.7 Å². The van der Waals surface area contributed by atoms with Crippen molar-refractivity contribution in [1.29, 1.82) is 5.26 Å². The SMILES string of the molecule is CCCCCCN(CC#N)S(=O)(=O)c1ccccc1. The predicted molar refractivity (Wildman–Crippen MR) is 75.0 cm³/mol. The summed E-state index contributed by atoms with van der Waals surface area (Å²) in [5.74, 6) is 0. The zero-order valence-electron chi connectivity index (χ0n) is 11.2. The molecule has 5 heteroatoms. The minimum absolute atomic E-state index is 0.0939. The molecular weight excluding hydrogens is 260 g/mol. The van der Waals surface area contributed by atoms with Crippen LogP contribution in [0, 0.1) is 11.3 Å². The highest BCUT2D eigenvalue weighted by atomic mass is 32.2. The lowest BCUT2D eigenvalue weighted by atomic mass is 10.2. The van der Waals surface area contributed by atoms with Gasteiger partial charge in [0.25, 0.3) is 0 Å². The summed E-state index contributed by atoms with van der Waals surface area (Å²) in [5, 5.41) is 8.79. The summed E-state index contributed by atoms with van der Waals surface area (Å²) >= 11 is 0. The van der Waals surface area contributed by atoms with Crippen LogP contribution >= 0.6 is 0 Å². The molecule has 0 heterocycles. The van der Waals surface area contributed by atoms with E-state index in [1.54, 1.807) is 30.3 Å². The average Bonchev–Trinajstić information content (AvgIpc) is 2.43. The number of rotatable bonds is 8. The summed E-state index contributed by atoms with van der Waals surface area (Å²) in [6.07, 6.45) is 3.97. The molecule has 0 N–H and O–H groups in total. The van der Waals surface area contributed by atoms with Crippen LogP contribution in [0.5, 0.6) is 0 Å². The lowest BCUT2D eigenvalue weighted by Gasteiger charge is -2.19. The second kappa shape index (κ2) is 7.93. The van der Waals surface area contributed by atoms with E-state index in [2.05, 4.69) is 6.92 Å². The van der Waals surface area contributed by atoms with Gasteiger partial charge in [0.1, 0.15) is 6.54 Å². The van der Waals surface area contributed by atoms with Crippen molar-refractivity contribution in [3.63, 3.8) is 0 Å². The van der Waals surface area contributed by atoms with Crippen molar-refractivity contribution in [1.82, 2.24) is 4.31 Å². The second-order valence-corrected chi connectivity index (χ2v) is 6.31. The molecule has 0 aliphatic carbocycles. The van der Waals surface area contributed by atoms with Gasteiger partial charge in [-0.05, 0) is 18.6 Å². The fourth-order valence-corrected chi connectivity index (χ4v) is 3.22. The smallest absolute Gasteiger partial charge is 0.207 e. The topological polar surface area (TPSA) is 61.2 Å². The first-order valence-electron chi connectivity index (χ1n) is 6.55. The third-order valence-corrected chi connectivity index (χ3v) is 4.75. The molecule has 1 aromatic carbocycles. The minimum atomic E-state index is -3.54. The molecule has 0 saturated carbocycles. The molecule has 0 fully saturated rings. The minimum Gasteiger partial charge on any atom is -0.207 e. The Kier molecular flexibility index (Phi) is 6.54. The second-order valence-electron chi connectivity index (χ2n) is 4.37. The Morgan fingerprint density at radius 2 is 1.84 bits per heavy atom. The summed E-state index contributed by atoms with van der Waals surface area (Å²) < 4.78 is 26.0. The maximum atomic E-state index is 12.4. The van der Waals surface area contributed by atoms with Crippen LogP contribution in [-0.2, 0) is 10.0 Å². The van der Waals surface area contributed by atoms with Crippen molar-refractivity contribution in [2.45, 2.75) is 37.5 Å². The van der Waals surface area contributed by atoms with E-state index in [0.29, 0.717) is 6.54 Å². The molecule has 0 saturated heterocycles. The van der Waals surface area contributed by atoms with Crippen molar-refractivity contribution in [2.24, 2.45) is 0 Å². The Morgan fingerprint density at radius 3 is 2.42 bits per heavy atom. The van der Waals surface area contributed by atoms with Crippen LogP contribution in [0.3, 0.4) is 0 Å². The highest BCUT2D eigenvalue weighted by Crippen LogP contribution is 2.15. The highest BCUT2D eigenvalue weighted by Gasteiger charge is 2.23. The van der Waals surface area contributed by atoms with Gasteiger partial charge in [-0.2, -0.15) is 9.57 Å². The molecule has 0 atom stereocenters. The first-order chi connectivity index (χ1) is 9.12. The fourth-order valence-electron chi connectivity index (χ4n) is 1.82. The van der Waals surface area contributed by atoms with Crippen molar-refractivity contribution in [3.05, 3.63) is 30.3 Å². The largest absolute Gasteiger partial charge is 0.244 e. The number of hydrogen-bond donors (Lipinski definition) is 0. The number of unbranched alkanes of at least 4 members (excludes halogenated alkanes) is 3. The van der Waals surface area contributed by atoms with Crippen molar-refractivity contribution < 1.29 is 8.42 Å². The van der Waals surface area contributed by atoms with E-state index in [1.807, 2.05) is 6.07 Å². The normalized spacial score (nSPS) is 11.4. The molecule has 1 rings (SSSR count). The summed E-state index contributed by atoms with van der Waals surface area (Å²) in [4.78, 5) is 0.251. The summed E-state index contributed by atoms with van der Waals surface area (Å²) in [6, 6.07) is 10.2. The van der Waals surface area contributed by atoms with Crippen LogP contribution in [-0.4, -0.2) is 25.8 Å². The quantitative estimate of drug-likeness (QED) is 0.543. The predicted octanol–water partition coefficient (Wildman–Crippen LogP) is 2.78. The molecule has 1 aromatic rings. The standard InChI is InChI=1S/C14H20N2O2S/c1-2-3-4-8-12-16(13-11-15)19(17,18)14-9-6-5-7-10-14/h5-7,9-10H,2-4,8,12-13H2,1H3. The Hall–Kier alpha value is -1.38. The summed E-state index contributed by atoms with van der Waals surface area (Å²) in [7, 11) is -3.54. The van der Waals surface area contributed by atoms with E-state index in [1.165, 1.54) is 4.31 Å². The number of nitriles is 1. The van der Waals surface area contributed by atoms with Gasteiger partial charge in [-0.15, -0.1) is 0 Å². The third-order valence-electron chi connectivity index (χ3n) is 2.89. The van der Waals surface area contributed by atoms with Crippen LogP contribution < -0.4 is 0 Å². The third kappa shape index (κ3) is 4.66. The van der Waals surface area contributed by atoms with Crippen molar-refractivity contribution in [2.75, 3.05) is 13.1 Å². The van der Waals surface area contributed by atoms with E-state index in [9.17, 15) is 8.42 Å². The fraction of sp³-hybridized carbons (Fsp3) is 0.500. The van der Waals surface area contributed by atoms with Gasteiger partial charge < -0.3 is 0 Å². The Morgan fingerprint density at radius 1 is 1.16 bits per heavy atom. The molecule has 0 spiro atoms. The van der Waals surface area contributed by atoms with Gasteiger partial charge in [-0.25, -0.2) is 8.42 Å². The van der Waals surface area contributed by atoms with Gasteiger partial charge in [0.05, 0.1) is 11.0 Å². The van der Waals surface area contributed by atoms with E-state index >= 15 is 0 Å². The number of hydrogen-bond acceptors (Lipinski definition) is 3. The summed E-state index contributed by atoms with van der Waals surface area (Å²) in [5.41, 5.74) is 0. The van der Waals surface area contributed by atoms with Crippen molar-refractivity contribution in [3.8, 4) is 6.07 Å². The molecule has 0 bridgehead atoms. The van der Waals surface area contributed by atoms with Crippen LogP contribution in [0.4, 0.5) is 0 Å². The number of benzene rings is 1. The van der Waals surface area contributed by atoms with Crippen LogP contribution in [0.25, 0.3) is 0 Å². The van der Waals surface area contributed by atoms with Gasteiger partial charge in [-0.1, -0.05) is 44.4 Å². The molecule has 0 aliphatic rings. The van der Waals surface area contributed by atoms with Gasteiger partial charge in [0, 0.05) is 6.54 Å². The molecule has 0 amide bonds. The van der Waals surface area contributed by atoms with Crippen LogP contribution in [0.15, 0.2) is 35.2 Å². The lowest BCUT2D eigenvalue weighted by molar-refractivity contribution is 0.428. The monoisotopic (exact) mass is 280 g/mol. The maximum Gasteiger partial charge on any atom is 0.244 e. The van der Waals surface area contributed by atoms with E-state index < -0.39 is 10.0 Å². The zero-order valence-corrected chi connectivity index (χ0v) is 12.1. The first kappa shape index (κ1) is 15.7. The molecule has 0 aliphatic heterocycles. The average molecular weight is 280 g/mol. The van der Waals surface area contributed by atoms with Gasteiger partial charge >= 0.3 is 0 Å². The molecule has 104 valence electrons. The number of nitrogens with zero attached hydrogens (tertiary/aromatic N) is 2. The van der Waals surface area contributed by atoms with Crippen molar-refractivity contribution >= 4 is 10.0 Å². The lowest BCUT2D eigenvalue weighted by Crippen LogP contribution is -2.32. The van der Waals surface area contributed by atoms with Gasteiger partial charge in [0.2, 0.25) is 10.0 Å². The zero-order chi connectivity index (χ0) is 14.1. The molecule has 0 aromatic heterocycles. The molecule has 4 nitrogen and oxygen atoms in total. The Bertz CT molecular complexity index is 506. The van der Waals surface area contributed by atoms with Gasteiger partial charge in [-0.3, -0.25) is 0 Å². The Balaban J connectivity index is 2.78. The van der Waals surface area contributed by atoms with E-state index in [4.69, 9.17) is 5.26 Å². The molecular formula is C14H20N2O2S. The molecule has 0 radical (unpaired) electrons. The Labute approximate surface area is 115 Å². The summed E-state index contributed by atoms with van der Waals surface area (Å²) in [6.45, 7) is 2.42. The van der Waals surface area contributed by atoms with Crippen LogP contribution in [0.1, 0.15) is 32.6 Å². The number of sulfonamides is 1. The van der Waals surface area contributed by atoms with Gasteiger partial charge in [0.15, 0.2) is 0 Å². The molecule has 0 unspecified atom stereocenters. The van der Waals surface area contributed by atoms with Crippen LogP contribution in [0.2, 0.25) is 0 Å². The highest BCUT2D eigenvalue weighted by molar-refractivity contribution is 7.89. The molecule has 19 heavy (non-hydrogen) atoms. The first-order valence-corrected chi connectivity index (χ1v) is 7.99. The van der Waals surface area contributed by atoms with E-state index in [-0.39, 0.29) is 11.4 Å². The maximum absolute atomic E-state index is 12.4.